The number of halogens is 1. The third-order valence-corrected chi connectivity index (χ3v) is 6.84. The maximum Gasteiger partial charge on any atom is 0.331 e. The molecule has 2 amide bonds. The van der Waals surface area contributed by atoms with Crippen LogP contribution in [0.5, 0.6) is 0 Å². The Hall–Kier alpha value is -1.21. The predicted octanol–water partition coefficient (Wildman–Crippen LogP) is 5.21. The highest BCUT2D eigenvalue weighted by Gasteiger charge is 2.30. The number of carbonyl (C=O) groups excluding carboxylic acids is 2. The van der Waals surface area contributed by atoms with Crippen LogP contribution in [-0.2, 0) is 18.4 Å². The van der Waals surface area contributed by atoms with Gasteiger partial charge in [-0.05, 0) is 44.0 Å². The molecule has 0 aliphatic carbocycles. The zero-order chi connectivity index (χ0) is 21.2. The lowest BCUT2D eigenvalue weighted by Gasteiger charge is -2.24. The molecule has 28 heavy (non-hydrogen) atoms. The van der Waals surface area contributed by atoms with E-state index in [2.05, 4.69) is 26.6 Å². The van der Waals surface area contributed by atoms with Crippen molar-refractivity contribution in [2.45, 2.75) is 46.6 Å². The number of rotatable bonds is 12. The van der Waals surface area contributed by atoms with Crippen molar-refractivity contribution in [3.63, 3.8) is 0 Å². The SMILES string of the molecule is CCOP(=O)(CCC(=O)[C@@H](NC(=O)Nc1ccc(Br)cc1)[C@@H](C)CC)OCC. The van der Waals surface area contributed by atoms with Crippen LogP contribution in [0, 0.1) is 5.92 Å². The number of ketones is 1. The molecule has 0 aromatic heterocycles. The van der Waals surface area contributed by atoms with Crippen molar-refractivity contribution in [1.82, 2.24) is 5.32 Å². The van der Waals surface area contributed by atoms with E-state index >= 15 is 0 Å². The molecule has 0 radical (unpaired) electrons. The summed E-state index contributed by atoms with van der Waals surface area (Å²) in [6.45, 7) is 7.78. The van der Waals surface area contributed by atoms with Crippen LogP contribution in [0.1, 0.15) is 40.5 Å². The minimum absolute atomic E-state index is 0.00351. The Morgan fingerprint density at radius 1 is 1.11 bits per heavy atom. The zero-order valence-electron chi connectivity index (χ0n) is 16.9. The molecule has 0 aliphatic rings. The molecular formula is C19H30BrN2O5P. The summed E-state index contributed by atoms with van der Waals surface area (Å²) >= 11 is 3.34. The van der Waals surface area contributed by atoms with Crippen molar-refractivity contribution >= 4 is 41.0 Å². The topological polar surface area (TPSA) is 93.7 Å². The molecule has 0 heterocycles. The number of carbonyl (C=O) groups is 2. The molecular weight excluding hydrogens is 447 g/mol. The van der Waals surface area contributed by atoms with Crippen molar-refractivity contribution in [3.05, 3.63) is 28.7 Å². The van der Waals surface area contributed by atoms with E-state index in [4.69, 9.17) is 9.05 Å². The maximum atomic E-state index is 12.8. The molecule has 7 nitrogen and oxygen atoms in total. The van der Waals surface area contributed by atoms with Gasteiger partial charge in [-0.3, -0.25) is 9.36 Å². The van der Waals surface area contributed by atoms with E-state index in [-0.39, 0.29) is 37.5 Å². The molecule has 2 atom stereocenters. The molecule has 0 saturated carbocycles. The molecule has 0 bridgehead atoms. The second-order valence-corrected chi connectivity index (χ2v) is 9.46. The lowest BCUT2D eigenvalue weighted by atomic mass is 9.94. The van der Waals surface area contributed by atoms with Gasteiger partial charge in [0.25, 0.3) is 0 Å². The molecule has 158 valence electrons. The summed E-state index contributed by atoms with van der Waals surface area (Å²) in [5.74, 6) is -0.262. The van der Waals surface area contributed by atoms with Crippen LogP contribution in [0.2, 0.25) is 0 Å². The summed E-state index contributed by atoms with van der Waals surface area (Å²) < 4.78 is 23.9. The monoisotopic (exact) mass is 476 g/mol. The van der Waals surface area contributed by atoms with Gasteiger partial charge >= 0.3 is 13.6 Å². The number of urea groups is 1. The molecule has 0 spiro atoms. The van der Waals surface area contributed by atoms with E-state index < -0.39 is 19.7 Å². The summed E-state index contributed by atoms with van der Waals surface area (Å²) in [4.78, 5) is 25.1. The fraction of sp³-hybridized carbons (Fsp3) is 0.579. The summed E-state index contributed by atoms with van der Waals surface area (Å²) in [5, 5.41) is 5.47. The first kappa shape index (κ1) is 24.8. The summed E-state index contributed by atoms with van der Waals surface area (Å²) in [6, 6.07) is 5.99. The third kappa shape index (κ3) is 8.43. The average Bonchev–Trinajstić information content (AvgIpc) is 2.66. The summed E-state index contributed by atoms with van der Waals surface area (Å²) in [5.41, 5.74) is 0.619. The molecule has 0 aliphatic heterocycles. The largest absolute Gasteiger partial charge is 0.331 e. The minimum atomic E-state index is -3.30. The zero-order valence-corrected chi connectivity index (χ0v) is 19.3. The highest BCUT2D eigenvalue weighted by atomic mass is 79.9. The van der Waals surface area contributed by atoms with Gasteiger partial charge in [0.2, 0.25) is 0 Å². The van der Waals surface area contributed by atoms with Gasteiger partial charge in [-0.1, -0.05) is 36.2 Å². The summed E-state index contributed by atoms with van der Waals surface area (Å²) in [7, 11) is -3.30. The molecule has 0 unspecified atom stereocenters. The number of nitrogens with one attached hydrogen (secondary N) is 2. The van der Waals surface area contributed by atoms with Crippen molar-refractivity contribution in [2.24, 2.45) is 5.92 Å². The van der Waals surface area contributed by atoms with Crippen LogP contribution in [0.4, 0.5) is 10.5 Å². The number of amides is 2. The molecule has 0 saturated heterocycles. The second-order valence-electron chi connectivity index (χ2n) is 6.35. The number of benzene rings is 1. The van der Waals surface area contributed by atoms with Gasteiger partial charge in [0, 0.05) is 16.6 Å². The van der Waals surface area contributed by atoms with Gasteiger partial charge in [-0.25, -0.2) is 4.79 Å². The minimum Gasteiger partial charge on any atom is -0.328 e. The van der Waals surface area contributed by atoms with Gasteiger partial charge in [-0.15, -0.1) is 0 Å². The van der Waals surface area contributed by atoms with Crippen LogP contribution < -0.4 is 10.6 Å². The van der Waals surface area contributed by atoms with Gasteiger partial charge in [0.05, 0.1) is 25.4 Å². The fourth-order valence-electron chi connectivity index (χ4n) is 2.58. The van der Waals surface area contributed by atoms with Crippen molar-refractivity contribution in [3.8, 4) is 0 Å². The highest BCUT2D eigenvalue weighted by Crippen LogP contribution is 2.48. The van der Waals surface area contributed by atoms with E-state index in [0.717, 1.165) is 4.47 Å². The molecule has 0 fully saturated rings. The van der Waals surface area contributed by atoms with Gasteiger partial charge in [0.1, 0.15) is 0 Å². The number of hydrogen-bond donors (Lipinski definition) is 2. The Kier molecular flexibility index (Phi) is 11.0. The van der Waals surface area contributed by atoms with E-state index in [9.17, 15) is 14.2 Å². The van der Waals surface area contributed by atoms with Crippen molar-refractivity contribution in [1.29, 1.82) is 0 Å². The van der Waals surface area contributed by atoms with E-state index in [1.807, 2.05) is 26.0 Å². The number of Topliss-reactive ketones (excluding diaryl/α,β-unsaturated/α-hetero) is 1. The van der Waals surface area contributed by atoms with Crippen LogP contribution >= 0.6 is 23.5 Å². The molecule has 1 rings (SSSR count). The maximum absolute atomic E-state index is 12.8. The smallest absolute Gasteiger partial charge is 0.328 e. The lowest BCUT2D eigenvalue weighted by molar-refractivity contribution is -0.121. The first-order valence-electron chi connectivity index (χ1n) is 9.48. The summed E-state index contributed by atoms with van der Waals surface area (Å²) in [6.07, 6.45) is 0.713. The Balaban J connectivity index is 2.75. The molecule has 1 aromatic carbocycles. The van der Waals surface area contributed by atoms with Crippen LogP contribution in [0.3, 0.4) is 0 Å². The predicted molar refractivity (Wildman–Crippen MR) is 115 cm³/mol. The average molecular weight is 477 g/mol. The third-order valence-electron chi connectivity index (χ3n) is 4.23. The Bertz CT molecular complexity index is 673. The Morgan fingerprint density at radius 2 is 1.68 bits per heavy atom. The van der Waals surface area contributed by atoms with Crippen molar-refractivity contribution in [2.75, 3.05) is 24.7 Å². The van der Waals surface area contributed by atoms with E-state index in [1.54, 1.807) is 26.0 Å². The normalized spacial score (nSPS) is 13.6. The second kappa shape index (κ2) is 12.4. The van der Waals surface area contributed by atoms with Crippen LogP contribution in [0.25, 0.3) is 0 Å². The highest BCUT2D eigenvalue weighted by molar-refractivity contribution is 9.10. The van der Waals surface area contributed by atoms with Crippen LogP contribution in [-0.4, -0.2) is 37.2 Å². The van der Waals surface area contributed by atoms with Crippen LogP contribution in [0.15, 0.2) is 28.7 Å². The molecule has 9 heteroatoms. The first-order chi connectivity index (χ1) is 13.2. The number of hydrogen-bond acceptors (Lipinski definition) is 5. The molecule has 1 aromatic rings. The lowest BCUT2D eigenvalue weighted by Crippen LogP contribution is -2.47. The van der Waals surface area contributed by atoms with E-state index in [0.29, 0.717) is 12.1 Å². The first-order valence-corrected chi connectivity index (χ1v) is 12.0. The van der Waals surface area contributed by atoms with Gasteiger partial charge in [0.15, 0.2) is 5.78 Å². The van der Waals surface area contributed by atoms with Gasteiger partial charge in [-0.2, -0.15) is 0 Å². The number of anilines is 1. The van der Waals surface area contributed by atoms with Crippen molar-refractivity contribution < 1.29 is 23.2 Å². The Labute approximate surface area is 175 Å². The quantitative estimate of drug-likeness (QED) is 0.403. The molecule has 2 N–H and O–H groups in total. The standard InChI is InChI=1S/C19H30BrN2O5P/c1-5-14(4)18(17(23)12-13-28(25,26-6-2)27-7-3)22-19(24)21-16-10-8-15(20)9-11-16/h8-11,14,18H,5-7,12-13H2,1-4H3,(H2,21,22,24)/t14-,18-/m0/s1. The van der Waals surface area contributed by atoms with Gasteiger partial charge < -0.3 is 19.7 Å². The van der Waals surface area contributed by atoms with E-state index in [1.165, 1.54) is 0 Å². The Morgan fingerprint density at radius 3 is 2.18 bits per heavy atom. The fourth-order valence-corrected chi connectivity index (χ4v) is 4.46.